The van der Waals surface area contributed by atoms with Crippen LogP contribution in [-0.4, -0.2) is 76.5 Å². The van der Waals surface area contributed by atoms with Crippen molar-refractivity contribution in [3.8, 4) is 5.75 Å². The molecule has 2 aromatic carbocycles. The van der Waals surface area contributed by atoms with E-state index < -0.39 is 28.2 Å². The predicted molar refractivity (Wildman–Crippen MR) is 132 cm³/mol. The molecule has 1 heterocycles. The van der Waals surface area contributed by atoms with Gasteiger partial charge in [0.2, 0.25) is 16.3 Å². The number of aliphatic hydroxyl groups excluding tert-OH is 1. The molecule has 1 amide bonds. The summed E-state index contributed by atoms with van der Waals surface area (Å²) < 4.78 is 48.4. The second-order valence-electron chi connectivity index (χ2n) is 8.07. The van der Waals surface area contributed by atoms with Crippen molar-refractivity contribution in [2.24, 2.45) is 5.73 Å². The van der Waals surface area contributed by atoms with Crippen molar-refractivity contribution in [3.63, 3.8) is 0 Å². The maximum absolute atomic E-state index is 13.1. The third-order valence-corrected chi connectivity index (χ3v) is 7.66. The first-order valence-electron chi connectivity index (χ1n) is 11.4. The zero-order chi connectivity index (χ0) is 27.0. The van der Waals surface area contributed by atoms with Crippen molar-refractivity contribution in [3.05, 3.63) is 71.5 Å². The highest BCUT2D eigenvalue weighted by molar-refractivity contribution is 7.89. The summed E-state index contributed by atoms with van der Waals surface area (Å²) in [6.45, 7) is -0.651. The Kier molecular flexibility index (Phi) is 9.64. The fraction of sp³-hybridized carbons (Fsp3) is 0.360. The molecule has 12 heteroatoms. The third-order valence-electron chi connectivity index (χ3n) is 5.75. The number of carbonyl (C=O) groups excluding carboxylic acids is 2. The van der Waals surface area contributed by atoms with Gasteiger partial charge in [-0.1, -0.05) is 12.1 Å². The number of esters is 1. The molecule has 0 saturated heterocycles. The van der Waals surface area contributed by atoms with Gasteiger partial charge in [-0.25, -0.2) is 13.2 Å². The van der Waals surface area contributed by atoms with Crippen LogP contribution < -0.4 is 10.5 Å². The lowest BCUT2D eigenvalue weighted by Crippen LogP contribution is -2.38. The molecule has 0 spiro atoms. The maximum atomic E-state index is 13.1. The van der Waals surface area contributed by atoms with Crippen LogP contribution in [-0.2, 0) is 29.0 Å². The second kappa shape index (κ2) is 12.7. The van der Waals surface area contributed by atoms with Gasteiger partial charge in [-0.05, 0) is 48.0 Å². The molecule has 11 nitrogen and oxygen atoms in total. The Morgan fingerprint density at radius 2 is 1.76 bits per heavy atom. The minimum absolute atomic E-state index is 0.0464. The molecule has 0 radical (unpaired) electrons. The molecule has 200 valence electrons. The van der Waals surface area contributed by atoms with Gasteiger partial charge in [-0.15, -0.1) is 0 Å². The molecule has 3 N–H and O–H groups in total. The van der Waals surface area contributed by atoms with Crippen LogP contribution in [0.15, 0.2) is 65.3 Å². The minimum Gasteiger partial charge on any atom is -0.497 e. The Morgan fingerprint density at radius 3 is 2.32 bits per heavy atom. The van der Waals surface area contributed by atoms with E-state index in [9.17, 15) is 23.1 Å². The molecule has 1 aliphatic heterocycles. The molecule has 2 atom stereocenters. The van der Waals surface area contributed by atoms with Crippen molar-refractivity contribution >= 4 is 21.9 Å². The molecule has 1 aliphatic rings. The largest absolute Gasteiger partial charge is 0.497 e. The van der Waals surface area contributed by atoms with E-state index in [-0.39, 0.29) is 42.9 Å². The standard InChI is InChI=1S/C25H30N2O9S/c1-33-20-7-9-21(10-8-20)37(31,32)27(11-13-28)12-14-35-23-16-19(15-22(36-23)24(26)29)17-3-5-18(6-4-17)25(30)34-2/h3-10,15,19,23,28H,11-14,16H2,1-2H3,(H2,26,29)/t19-,23+/m0/s1. The van der Waals surface area contributed by atoms with Crippen LogP contribution >= 0.6 is 0 Å². The predicted octanol–water partition coefficient (Wildman–Crippen LogP) is 1.38. The normalized spacial score (nSPS) is 17.6. The number of methoxy groups -OCH3 is 2. The van der Waals surface area contributed by atoms with E-state index in [1.165, 1.54) is 38.5 Å². The molecule has 2 aromatic rings. The highest BCUT2D eigenvalue weighted by atomic mass is 32.2. The number of amides is 1. The van der Waals surface area contributed by atoms with Gasteiger partial charge >= 0.3 is 5.97 Å². The van der Waals surface area contributed by atoms with E-state index in [1.807, 2.05) is 0 Å². The lowest BCUT2D eigenvalue weighted by molar-refractivity contribution is -0.144. The summed E-state index contributed by atoms with van der Waals surface area (Å²) in [5.74, 6) is -1.10. The first-order valence-corrected chi connectivity index (χ1v) is 12.9. The van der Waals surface area contributed by atoms with E-state index in [2.05, 4.69) is 0 Å². The summed E-state index contributed by atoms with van der Waals surface area (Å²) in [6, 6.07) is 12.6. The van der Waals surface area contributed by atoms with Gasteiger partial charge in [-0.3, -0.25) is 4.79 Å². The van der Waals surface area contributed by atoms with Crippen LogP contribution in [0.2, 0.25) is 0 Å². The van der Waals surface area contributed by atoms with E-state index >= 15 is 0 Å². The van der Waals surface area contributed by atoms with Gasteiger partial charge in [0.25, 0.3) is 5.91 Å². The van der Waals surface area contributed by atoms with Crippen molar-refractivity contribution in [2.75, 3.05) is 40.5 Å². The summed E-state index contributed by atoms with van der Waals surface area (Å²) >= 11 is 0. The van der Waals surface area contributed by atoms with E-state index in [0.29, 0.717) is 17.7 Å². The summed E-state index contributed by atoms with van der Waals surface area (Å²) in [5, 5.41) is 9.42. The average Bonchev–Trinajstić information content (AvgIpc) is 2.92. The van der Waals surface area contributed by atoms with Gasteiger partial charge in [0.05, 0.1) is 37.9 Å². The van der Waals surface area contributed by atoms with Gasteiger partial charge in [0.15, 0.2) is 5.76 Å². The summed E-state index contributed by atoms with van der Waals surface area (Å²) in [7, 11) is -1.14. The molecule has 0 fully saturated rings. The fourth-order valence-corrected chi connectivity index (χ4v) is 5.21. The van der Waals surface area contributed by atoms with Crippen molar-refractivity contribution in [1.82, 2.24) is 4.31 Å². The maximum Gasteiger partial charge on any atom is 0.337 e. The number of nitrogens with zero attached hydrogens (tertiary/aromatic N) is 1. The SMILES string of the molecule is COC(=O)c1ccc([C@H]2C=C(C(N)=O)O[C@@H](OCCN(CCO)S(=O)(=O)c3ccc(OC)cc3)C2)cc1. The fourth-order valence-electron chi connectivity index (χ4n) is 3.79. The molecule has 0 saturated carbocycles. The van der Waals surface area contributed by atoms with Crippen LogP contribution in [0.5, 0.6) is 5.75 Å². The first kappa shape index (κ1) is 28.1. The number of primary amides is 1. The zero-order valence-corrected chi connectivity index (χ0v) is 21.3. The lowest BCUT2D eigenvalue weighted by Gasteiger charge is -2.29. The number of ether oxygens (including phenoxy) is 4. The summed E-state index contributed by atoms with van der Waals surface area (Å²) in [4.78, 5) is 23.6. The van der Waals surface area contributed by atoms with E-state index in [1.54, 1.807) is 30.3 Å². The average molecular weight is 535 g/mol. The molecule has 3 rings (SSSR count). The van der Waals surface area contributed by atoms with Crippen molar-refractivity contribution in [2.45, 2.75) is 23.5 Å². The third kappa shape index (κ3) is 7.07. The monoisotopic (exact) mass is 534 g/mol. The number of aliphatic hydroxyl groups is 1. The number of sulfonamides is 1. The highest BCUT2D eigenvalue weighted by Crippen LogP contribution is 2.31. The second-order valence-corrected chi connectivity index (χ2v) is 10.0. The Labute approximate surface area is 215 Å². The molecule has 0 bridgehead atoms. The number of rotatable bonds is 12. The van der Waals surface area contributed by atoms with Gasteiger partial charge in [0.1, 0.15) is 5.75 Å². The minimum atomic E-state index is -3.91. The Bertz CT molecular complexity index is 1210. The smallest absolute Gasteiger partial charge is 0.337 e. The first-order chi connectivity index (χ1) is 17.7. The van der Waals surface area contributed by atoms with Gasteiger partial charge < -0.3 is 29.8 Å². The number of allylic oxidation sites excluding steroid dienone is 1. The van der Waals surface area contributed by atoms with Crippen LogP contribution in [0, 0.1) is 0 Å². The lowest BCUT2D eigenvalue weighted by atomic mass is 9.92. The zero-order valence-electron chi connectivity index (χ0n) is 20.5. The summed E-state index contributed by atoms with van der Waals surface area (Å²) in [6.07, 6.45) is 1.03. The van der Waals surface area contributed by atoms with Crippen LogP contribution in [0.4, 0.5) is 0 Å². The van der Waals surface area contributed by atoms with Crippen LogP contribution in [0.25, 0.3) is 0 Å². The van der Waals surface area contributed by atoms with Crippen molar-refractivity contribution in [1.29, 1.82) is 0 Å². The highest BCUT2D eigenvalue weighted by Gasteiger charge is 2.29. The molecule has 0 aliphatic carbocycles. The molecule has 0 aromatic heterocycles. The number of hydrogen-bond donors (Lipinski definition) is 2. The van der Waals surface area contributed by atoms with Gasteiger partial charge in [-0.2, -0.15) is 4.31 Å². The molecule has 37 heavy (non-hydrogen) atoms. The quantitative estimate of drug-likeness (QED) is 0.384. The van der Waals surface area contributed by atoms with Crippen LogP contribution in [0.3, 0.4) is 0 Å². The topological polar surface area (TPSA) is 155 Å². The van der Waals surface area contributed by atoms with E-state index in [4.69, 9.17) is 24.7 Å². The van der Waals surface area contributed by atoms with Crippen LogP contribution in [0.1, 0.15) is 28.3 Å². The Hall–Kier alpha value is -3.45. The molecular weight excluding hydrogens is 504 g/mol. The number of hydrogen-bond acceptors (Lipinski definition) is 9. The number of nitrogens with two attached hydrogens (primary N) is 1. The van der Waals surface area contributed by atoms with Gasteiger partial charge in [0, 0.05) is 25.4 Å². The summed E-state index contributed by atoms with van der Waals surface area (Å²) in [5.41, 5.74) is 6.62. The number of carbonyl (C=O) groups is 2. The Morgan fingerprint density at radius 1 is 1.08 bits per heavy atom. The van der Waals surface area contributed by atoms with Crippen molar-refractivity contribution < 1.29 is 42.1 Å². The molecule has 0 unspecified atom stereocenters. The number of benzene rings is 2. The Balaban J connectivity index is 1.69. The molecular formula is C25H30N2O9S. The van der Waals surface area contributed by atoms with E-state index in [0.717, 1.165) is 9.87 Å².